The number of hydrogen-bond acceptors (Lipinski definition) is 5. The number of thioether (sulfide) groups is 1. The molecule has 2 unspecified atom stereocenters. The summed E-state index contributed by atoms with van der Waals surface area (Å²) in [6.45, 7) is 7.91. The van der Waals surface area contributed by atoms with Crippen molar-refractivity contribution in [1.29, 1.82) is 0 Å². The number of nitrogens with zero attached hydrogens (tertiary/aromatic N) is 3. The average molecular weight is 420 g/mol. The van der Waals surface area contributed by atoms with E-state index in [2.05, 4.69) is 30.8 Å². The van der Waals surface area contributed by atoms with Gasteiger partial charge < -0.3 is 4.90 Å². The number of carbonyl (C=O) groups is 1. The second-order valence-electron chi connectivity index (χ2n) is 8.91. The van der Waals surface area contributed by atoms with E-state index in [1.807, 2.05) is 30.3 Å². The van der Waals surface area contributed by atoms with Crippen molar-refractivity contribution in [2.45, 2.75) is 50.4 Å². The molecule has 0 N–H and O–H groups in total. The van der Waals surface area contributed by atoms with Crippen LogP contribution in [-0.4, -0.2) is 38.9 Å². The molecule has 27 heavy (non-hydrogen) atoms. The van der Waals surface area contributed by atoms with Crippen molar-refractivity contribution in [3.05, 3.63) is 34.3 Å². The van der Waals surface area contributed by atoms with Gasteiger partial charge in [0.15, 0.2) is 8.29 Å². The van der Waals surface area contributed by atoms with Crippen molar-refractivity contribution in [2.24, 2.45) is 10.8 Å². The first-order chi connectivity index (χ1) is 12.7. The van der Waals surface area contributed by atoms with E-state index in [4.69, 9.17) is 12.2 Å². The molecule has 2 aromatic rings. The van der Waals surface area contributed by atoms with Gasteiger partial charge in [0.05, 0.1) is 11.4 Å². The SMILES string of the molecule is CC1(C)CC2CC(C)(CN2C(=O)CSc2nn(-c3ccccc3)c(=S)s2)C1. The zero-order valence-corrected chi connectivity index (χ0v) is 18.4. The molecule has 2 heterocycles. The van der Waals surface area contributed by atoms with Gasteiger partial charge in [0.25, 0.3) is 0 Å². The summed E-state index contributed by atoms with van der Waals surface area (Å²) in [5.74, 6) is 0.670. The van der Waals surface area contributed by atoms with E-state index in [1.54, 1.807) is 4.68 Å². The topological polar surface area (TPSA) is 38.1 Å². The van der Waals surface area contributed by atoms with Crippen LogP contribution in [-0.2, 0) is 4.79 Å². The summed E-state index contributed by atoms with van der Waals surface area (Å²) in [5.41, 5.74) is 1.56. The van der Waals surface area contributed by atoms with Gasteiger partial charge in [-0.1, -0.05) is 62.1 Å². The maximum atomic E-state index is 12.9. The number of aromatic nitrogens is 2. The van der Waals surface area contributed by atoms with Crippen LogP contribution in [0.3, 0.4) is 0 Å². The summed E-state index contributed by atoms with van der Waals surface area (Å²) < 4.78 is 3.34. The third-order valence-electron chi connectivity index (χ3n) is 5.58. The molecule has 1 saturated carbocycles. The molecule has 1 aromatic heterocycles. The van der Waals surface area contributed by atoms with Gasteiger partial charge in [0, 0.05) is 12.6 Å². The number of fused-ring (bicyclic) bond motifs is 2. The predicted molar refractivity (Wildman–Crippen MR) is 114 cm³/mol. The van der Waals surface area contributed by atoms with E-state index >= 15 is 0 Å². The number of likely N-dealkylation sites (tertiary alicyclic amines) is 1. The lowest BCUT2D eigenvalue weighted by Gasteiger charge is -2.39. The third-order valence-corrected chi connectivity index (χ3v) is 7.93. The zero-order chi connectivity index (χ0) is 19.2. The van der Waals surface area contributed by atoms with Gasteiger partial charge in [0.1, 0.15) is 0 Å². The van der Waals surface area contributed by atoms with E-state index in [0.717, 1.165) is 29.4 Å². The highest BCUT2D eigenvalue weighted by Gasteiger charge is 2.50. The first-order valence-corrected chi connectivity index (χ1v) is 11.5. The van der Waals surface area contributed by atoms with E-state index in [1.165, 1.54) is 29.5 Å². The van der Waals surface area contributed by atoms with E-state index in [-0.39, 0.29) is 11.3 Å². The number of carbonyl (C=O) groups excluding carboxylic acids is 1. The van der Waals surface area contributed by atoms with Crippen LogP contribution in [0.1, 0.15) is 40.0 Å². The van der Waals surface area contributed by atoms with Crippen molar-refractivity contribution in [2.75, 3.05) is 12.3 Å². The van der Waals surface area contributed by atoms with Gasteiger partial charge in [-0.3, -0.25) is 4.79 Å². The second kappa shape index (κ2) is 7.01. The Morgan fingerprint density at radius 2 is 2.04 bits per heavy atom. The fraction of sp³-hybridized carbons (Fsp3) is 0.550. The van der Waals surface area contributed by atoms with Crippen LogP contribution in [0, 0.1) is 14.8 Å². The van der Waals surface area contributed by atoms with E-state index in [0.29, 0.717) is 21.2 Å². The molecular weight excluding hydrogens is 394 g/mol. The average Bonchev–Trinajstić information content (AvgIpc) is 3.09. The maximum Gasteiger partial charge on any atom is 0.233 e. The van der Waals surface area contributed by atoms with Crippen LogP contribution in [0.5, 0.6) is 0 Å². The van der Waals surface area contributed by atoms with Gasteiger partial charge in [-0.2, -0.15) is 0 Å². The van der Waals surface area contributed by atoms with Crippen LogP contribution in [0.15, 0.2) is 34.7 Å². The Hall–Kier alpha value is -1.18. The fourth-order valence-corrected chi connectivity index (χ4v) is 7.26. The zero-order valence-electron chi connectivity index (χ0n) is 16.0. The van der Waals surface area contributed by atoms with Crippen LogP contribution in [0.2, 0.25) is 0 Å². The highest BCUT2D eigenvalue weighted by Crippen LogP contribution is 2.52. The van der Waals surface area contributed by atoms with Gasteiger partial charge in [-0.05, 0) is 54.4 Å². The lowest BCUT2D eigenvalue weighted by molar-refractivity contribution is -0.129. The molecule has 2 atom stereocenters. The van der Waals surface area contributed by atoms with Gasteiger partial charge in [-0.15, -0.1) is 5.10 Å². The minimum absolute atomic E-state index is 0.235. The highest BCUT2D eigenvalue weighted by molar-refractivity contribution is 8.01. The Morgan fingerprint density at radius 1 is 1.30 bits per heavy atom. The molecule has 4 nitrogen and oxygen atoms in total. The molecule has 2 aliphatic rings. The normalized spacial score (nSPS) is 26.3. The molecule has 1 saturated heterocycles. The summed E-state index contributed by atoms with van der Waals surface area (Å²) >= 11 is 8.43. The summed E-state index contributed by atoms with van der Waals surface area (Å²) in [7, 11) is 0. The molecule has 144 valence electrons. The Bertz CT molecular complexity index is 905. The molecule has 2 bridgehead atoms. The summed E-state index contributed by atoms with van der Waals surface area (Å²) in [6, 6.07) is 10.3. The molecule has 7 heteroatoms. The second-order valence-corrected chi connectivity index (χ2v) is 11.8. The van der Waals surface area contributed by atoms with Crippen molar-refractivity contribution in [1.82, 2.24) is 14.7 Å². The molecule has 1 aromatic carbocycles. The summed E-state index contributed by atoms with van der Waals surface area (Å²) in [4.78, 5) is 15.1. The number of benzene rings is 1. The molecule has 0 spiro atoms. The first kappa shape index (κ1) is 19.2. The monoisotopic (exact) mass is 419 g/mol. The number of amides is 1. The standard InChI is InChI=1S/C20H25N3OS3/c1-19(2)9-15-10-20(3,12-19)13-22(15)16(24)11-26-17-21-23(18(25)27-17)14-7-5-4-6-8-14/h4-8,15H,9-13H2,1-3H3. The van der Waals surface area contributed by atoms with Crippen molar-refractivity contribution < 1.29 is 4.79 Å². The number of hydrogen-bond donors (Lipinski definition) is 0. The quantitative estimate of drug-likeness (QED) is 0.505. The summed E-state index contributed by atoms with van der Waals surface area (Å²) in [6.07, 6.45) is 3.46. The predicted octanol–water partition coefficient (Wildman–Crippen LogP) is 5.18. The van der Waals surface area contributed by atoms with Crippen molar-refractivity contribution in [3.63, 3.8) is 0 Å². The molecule has 1 aliphatic heterocycles. The minimum atomic E-state index is 0.235. The first-order valence-electron chi connectivity index (χ1n) is 9.33. The van der Waals surface area contributed by atoms with Crippen LogP contribution >= 0.6 is 35.3 Å². The number of rotatable bonds is 4. The smallest absolute Gasteiger partial charge is 0.233 e. The lowest BCUT2D eigenvalue weighted by Crippen LogP contribution is -2.38. The van der Waals surface area contributed by atoms with Gasteiger partial charge >= 0.3 is 0 Å². The molecule has 2 fully saturated rings. The van der Waals surface area contributed by atoms with Crippen molar-refractivity contribution >= 4 is 41.2 Å². The Labute approximate surface area is 174 Å². The van der Waals surface area contributed by atoms with E-state index < -0.39 is 0 Å². The van der Waals surface area contributed by atoms with Gasteiger partial charge in [0.2, 0.25) is 5.91 Å². The third kappa shape index (κ3) is 4.00. The van der Waals surface area contributed by atoms with Crippen LogP contribution in [0.4, 0.5) is 0 Å². The molecule has 1 amide bonds. The minimum Gasteiger partial charge on any atom is -0.338 e. The van der Waals surface area contributed by atoms with Crippen LogP contribution < -0.4 is 0 Å². The molecule has 4 rings (SSSR count). The highest BCUT2D eigenvalue weighted by atomic mass is 32.2. The van der Waals surface area contributed by atoms with Crippen LogP contribution in [0.25, 0.3) is 5.69 Å². The Balaban J connectivity index is 1.43. The van der Waals surface area contributed by atoms with Gasteiger partial charge in [-0.25, -0.2) is 4.68 Å². The molecule has 0 radical (unpaired) electrons. The maximum absolute atomic E-state index is 12.9. The van der Waals surface area contributed by atoms with E-state index in [9.17, 15) is 4.79 Å². The fourth-order valence-electron chi connectivity index (χ4n) is 5.01. The largest absolute Gasteiger partial charge is 0.338 e. The lowest BCUT2D eigenvalue weighted by atomic mass is 9.65. The Kier molecular flexibility index (Phi) is 4.97. The molecule has 1 aliphatic carbocycles. The van der Waals surface area contributed by atoms with Crippen molar-refractivity contribution in [3.8, 4) is 5.69 Å². The molecular formula is C20H25N3OS3. The summed E-state index contributed by atoms with van der Waals surface area (Å²) in [5, 5.41) is 4.61. The Morgan fingerprint density at radius 3 is 2.78 bits per heavy atom. The number of para-hydroxylation sites is 1.